The fraction of sp³-hybridized carbons (Fsp3) is 0.263. The Hall–Kier alpha value is -2.23. The number of alkyl halides is 3. The van der Waals surface area contributed by atoms with Gasteiger partial charge in [-0.2, -0.15) is 13.2 Å². The first-order chi connectivity index (χ1) is 13.3. The van der Waals surface area contributed by atoms with E-state index in [9.17, 15) is 21.6 Å². The number of hydrogen-bond acceptors (Lipinski definition) is 4. The van der Waals surface area contributed by atoms with E-state index in [-0.39, 0.29) is 12.4 Å². The molecule has 1 aromatic heterocycles. The highest BCUT2D eigenvalue weighted by molar-refractivity contribution is 7.90. The van der Waals surface area contributed by atoms with E-state index < -0.39 is 26.7 Å². The number of piperazine rings is 1. The van der Waals surface area contributed by atoms with Crippen molar-refractivity contribution in [1.82, 2.24) is 9.29 Å². The molecule has 29 heavy (non-hydrogen) atoms. The summed E-state index contributed by atoms with van der Waals surface area (Å²) >= 11 is 0. The van der Waals surface area contributed by atoms with Gasteiger partial charge in [0.05, 0.1) is 16.0 Å². The van der Waals surface area contributed by atoms with Crippen LogP contribution in [0.1, 0.15) is 5.56 Å². The molecule has 0 unspecified atom stereocenters. The third-order valence-corrected chi connectivity index (χ3v) is 6.54. The van der Waals surface area contributed by atoms with Crippen LogP contribution in [0.25, 0.3) is 10.9 Å². The zero-order chi connectivity index (χ0) is 19.9. The van der Waals surface area contributed by atoms with Gasteiger partial charge in [-0.05, 0) is 36.4 Å². The summed E-state index contributed by atoms with van der Waals surface area (Å²) in [5.74, 6) is 0. The van der Waals surface area contributed by atoms with Gasteiger partial charge in [-0.15, -0.1) is 12.4 Å². The van der Waals surface area contributed by atoms with E-state index in [0.717, 1.165) is 53.4 Å². The summed E-state index contributed by atoms with van der Waals surface area (Å²) in [6.45, 7) is 3.26. The third kappa shape index (κ3) is 3.94. The van der Waals surface area contributed by atoms with Crippen LogP contribution in [0.4, 0.5) is 18.9 Å². The summed E-state index contributed by atoms with van der Waals surface area (Å²) in [4.78, 5) is 1.77. The first kappa shape index (κ1) is 21.5. The van der Waals surface area contributed by atoms with Crippen molar-refractivity contribution in [2.75, 3.05) is 31.1 Å². The Bertz CT molecular complexity index is 1120. The fourth-order valence-electron chi connectivity index (χ4n) is 3.46. The molecule has 0 radical (unpaired) electrons. The van der Waals surface area contributed by atoms with Crippen LogP contribution in [0.3, 0.4) is 0 Å². The number of aromatic nitrogens is 1. The van der Waals surface area contributed by atoms with Crippen LogP contribution in [0.2, 0.25) is 0 Å². The van der Waals surface area contributed by atoms with Crippen molar-refractivity contribution in [3.05, 3.63) is 60.3 Å². The molecule has 0 atom stereocenters. The molecule has 0 amide bonds. The van der Waals surface area contributed by atoms with Crippen LogP contribution >= 0.6 is 12.4 Å². The lowest BCUT2D eigenvalue weighted by Gasteiger charge is -2.30. The zero-order valence-corrected chi connectivity index (χ0v) is 16.8. The van der Waals surface area contributed by atoms with E-state index in [1.165, 1.54) is 12.3 Å². The second-order valence-electron chi connectivity index (χ2n) is 6.59. The van der Waals surface area contributed by atoms with Crippen molar-refractivity contribution in [2.24, 2.45) is 0 Å². The first-order valence-electron chi connectivity index (χ1n) is 8.77. The van der Waals surface area contributed by atoms with Gasteiger partial charge < -0.3 is 10.2 Å². The molecule has 1 aliphatic heterocycles. The Labute approximate surface area is 172 Å². The Kier molecular flexibility index (Phi) is 5.84. The maximum absolute atomic E-state index is 13.0. The summed E-state index contributed by atoms with van der Waals surface area (Å²) in [5, 5.41) is 4.02. The summed E-state index contributed by atoms with van der Waals surface area (Å²) in [7, 11) is -4.17. The molecule has 1 aliphatic rings. The SMILES string of the molecule is Cl.O=S(=O)(c1cccc(C(F)(F)F)c1)n1ccc2c(N3CCNCC3)cccc21. The van der Waals surface area contributed by atoms with Crippen molar-refractivity contribution in [2.45, 2.75) is 11.1 Å². The van der Waals surface area contributed by atoms with E-state index >= 15 is 0 Å². The Morgan fingerprint density at radius 2 is 1.66 bits per heavy atom. The van der Waals surface area contributed by atoms with Crippen LogP contribution in [0.5, 0.6) is 0 Å². The number of nitrogens with one attached hydrogen (secondary N) is 1. The number of rotatable bonds is 3. The Morgan fingerprint density at radius 1 is 0.966 bits per heavy atom. The molecule has 3 aromatic rings. The van der Waals surface area contributed by atoms with E-state index in [2.05, 4.69) is 10.2 Å². The van der Waals surface area contributed by atoms with Crippen LogP contribution < -0.4 is 10.2 Å². The number of nitrogens with zero attached hydrogens (tertiary/aromatic N) is 2. The molecule has 5 nitrogen and oxygen atoms in total. The van der Waals surface area contributed by atoms with Gasteiger partial charge in [-0.1, -0.05) is 12.1 Å². The van der Waals surface area contributed by atoms with Crippen molar-refractivity contribution in [3.63, 3.8) is 0 Å². The minimum Gasteiger partial charge on any atom is -0.368 e. The van der Waals surface area contributed by atoms with Crippen LogP contribution in [0, 0.1) is 0 Å². The first-order valence-corrected chi connectivity index (χ1v) is 10.2. The highest BCUT2D eigenvalue weighted by Crippen LogP contribution is 2.33. The average molecular weight is 446 g/mol. The van der Waals surface area contributed by atoms with Gasteiger partial charge in [0, 0.05) is 43.4 Å². The van der Waals surface area contributed by atoms with E-state index in [4.69, 9.17) is 0 Å². The van der Waals surface area contributed by atoms with Gasteiger partial charge in [-0.25, -0.2) is 12.4 Å². The van der Waals surface area contributed by atoms with Crippen molar-refractivity contribution < 1.29 is 21.6 Å². The average Bonchev–Trinajstić information content (AvgIpc) is 3.13. The minimum absolute atomic E-state index is 0. The number of anilines is 1. The molecular weight excluding hydrogens is 427 g/mol. The normalized spacial score (nSPS) is 15.3. The van der Waals surface area contributed by atoms with Crippen molar-refractivity contribution >= 4 is 39.0 Å². The molecular formula is C19H19ClF3N3O2S. The maximum atomic E-state index is 13.0. The lowest BCUT2D eigenvalue weighted by molar-refractivity contribution is -0.137. The minimum atomic E-state index is -4.61. The maximum Gasteiger partial charge on any atom is 0.416 e. The molecule has 1 fully saturated rings. The Morgan fingerprint density at radius 3 is 2.34 bits per heavy atom. The lowest BCUT2D eigenvalue weighted by atomic mass is 10.2. The molecule has 4 rings (SSSR count). The van der Waals surface area contributed by atoms with Crippen LogP contribution in [-0.4, -0.2) is 38.6 Å². The molecule has 0 bridgehead atoms. The second kappa shape index (κ2) is 7.89. The molecule has 2 heterocycles. The number of halogens is 4. The summed E-state index contributed by atoms with van der Waals surface area (Å²) in [5.41, 5.74) is 0.358. The van der Waals surface area contributed by atoms with E-state index in [1.54, 1.807) is 18.2 Å². The number of hydrogen-bond donors (Lipinski definition) is 1. The molecule has 1 saturated heterocycles. The predicted octanol–water partition coefficient (Wildman–Crippen LogP) is 3.73. The third-order valence-electron chi connectivity index (χ3n) is 4.85. The van der Waals surface area contributed by atoms with Crippen LogP contribution in [0.15, 0.2) is 59.6 Å². The van der Waals surface area contributed by atoms with Gasteiger partial charge in [-0.3, -0.25) is 0 Å². The highest BCUT2D eigenvalue weighted by atomic mass is 35.5. The molecule has 156 valence electrons. The van der Waals surface area contributed by atoms with Gasteiger partial charge in [0.2, 0.25) is 0 Å². The van der Waals surface area contributed by atoms with Crippen molar-refractivity contribution in [1.29, 1.82) is 0 Å². The van der Waals surface area contributed by atoms with Crippen molar-refractivity contribution in [3.8, 4) is 0 Å². The van der Waals surface area contributed by atoms with Gasteiger partial charge in [0.25, 0.3) is 10.0 Å². The standard InChI is InChI=1S/C19H18F3N3O2S.ClH/c20-19(21,22)14-3-1-4-15(13-14)28(26,27)25-10-7-16-17(5-2-6-18(16)25)24-11-8-23-9-12-24;/h1-7,10,13,23H,8-9,11-12H2;1H. The second-order valence-corrected chi connectivity index (χ2v) is 8.40. The zero-order valence-electron chi connectivity index (χ0n) is 15.2. The molecule has 10 heteroatoms. The summed E-state index contributed by atoms with van der Waals surface area (Å²) < 4.78 is 66.1. The van der Waals surface area contributed by atoms with Crippen LogP contribution in [-0.2, 0) is 16.2 Å². The van der Waals surface area contributed by atoms with Gasteiger partial charge >= 0.3 is 6.18 Å². The quantitative estimate of drug-likeness (QED) is 0.667. The fourth-order valence-corrected chi connectivity index (χ4v) is 4.86. The molecule has 1 N–H and O–H groups in total. The molecule has 0 aliphatic carbocycles. The topological polar surface area (TPSA) is 54.3 Å². The summed E-state index contributed by atoms with van der Waals surface area (Å²) in [6, 6.07) is 10.8. The number of benzene rings is 2. The molecule has 0 spiro atoms. The molecule has 0 saturated carbocycles. The highest BCUT2D eigenvalue weighted by Gasteiger charge is 2.32. The lowest BCUT2D eigenvalue weighted by Crippen LogP contribution is -2.43. The van der Waals surface area contributed by atoms with Gasteiger partial charge in [0.15, 0.2) is 0 Å². The van der Waals surface area contributed by atoms with E-state index in [1.807, 2.05) is 6.07 Å². The smallest absolute Gasteiger partial charge is 0.368 e. The number of fused-ring (bicyclic) bond motifs is 1. The predicted molar refractivity (Wildman–Crippen MR) is 108 cm³/mol. The largest absolute Gasteiger partial charge is 0.416 e. The summed E-state index contributed by atoms with van der Waals surface area (Å²) in [6.07, 6.45) is -3.22. The van der Waals surface area contributed by atoms with Gasteiger partial charge in [0.1, 0.15) is 0 Å². The Balaban J connectivity index is 0.00000240. The van der Waals surface area contributed by atoms with E-state index in [0.29, 0.717) is 11.6 Å². The monoisotopic (exact) mass is 445 g/mol. The molecule has 2 aromatic carbocycles.